The Labute approximate surface area is 665 Å². The maximum absolute atomic E-state index is 2.69. The second-order valence-corrected chi connectivity index (χ2v) is 40.4. The van der Waals surface area contributed by atoms with E-state index in [0.29, 0.717) is 0 Å². The molecule has 0 atom stereocenters. The third-order valence-electron chi connectivity index (χ3n) is 33.3. The smallest absolute Gasteiger partial charge is 0.0561 e. The summed E-state index contributed by atoms with van der Waals surface area (Å²) >= 11 is 0. The monoisotopic (exact) mass is 1460 g/mol. The summed E-state index contributed by atoms with van der Waals surface area (Å²) in [6.45, 7) is 9.38. The van der Waals surface area contributed by atoms with Gasteiger partial charge in [0.05, 0.1) is 22.7 Å². The molecule has 0 spiro atoms. The molecule has 4 heteroatoms. The van der Waals surface area contributed by atoms with Crippen molar-refractivity contribution in [1.82, 2.24) is 0 Å². The molecule has 0 radical (unpaired) electrons. The number of aryl methyl sites for hydroxylation is 4. The van der Waals surface area contributed by atoms with Gasteiger partial charge >= 0.3 is 0 Å². The number of hydrogen-bond donors (Lipinski definition) is 0. The first-order chi connectivity index (χ1) is 54.8. The van der Waals surface area contributed by atoms with Crippen LogP contribution in [0.4, 0.5) is 68.2 Å². The molecule has 12 aromatic carbocycles. The number of nitrogens with zero attached hydrogens (tertiary/aromatic N) is 4. The Morgan fingerprint density at radius 3 is 0.536 bits per heavy atom. The van der Waals surface area contributed by atoms with Gasteiger partial charge in [0.1, 0.15) is 0 Å². The fourth-order valence-corrected chi connectivity index (χ4v) is 30.3. The standard InChI is InChI=1S/C108H110N4/c1-67-13-5-9-17-95(67)109(87-29-21-83(22-30-87)105-55-71-41-72(56-105)43-73(42-71)57-105)99-53-100(110(96-18-10-6-14-68(96)2)88-31-23-84(24-32-88)106-58-74-44-75(59-106)46-76(45-74)60-106)92-39-40-94-102(112(98-20-12-8-16-70(98)4)90-35-27-86(28-36-90)108-64-80-50-81(65-108)52-82(51-80)66-108)54-101(93-38-37-91(99)103(92)104(93)94)111(97-19-11-7-15-69(97)3)89-33-25-85(26-34-89)107-61-77-47-78(62-107)49-79(48-77)63-107/h5-40,53-54,71-82H,41-52,55-66H2,1-4H3. The van der Waals surface area contributed by atoms with E-state index in [-0.39, 0.29) is 21.7 Å². The molecule has 562 valence electrons. The van der Waals surface area contributed by atoms with Gasteiger partial charge in [0.25, 0.3) is 0 Å². The molecule has 0 aromatic heterocycles. The topological polar surface area (TPSA) is 13.0 Å². The summed E-state index contributed by atoms with van der Waals surface area (Å²) in [7, 11) is 0. The van der Waals surface area contributed by atoms with Crippen molar-refractivity contribution in [2.75, 3.05) is 19.6 Å². The normalized spacial score (nSPS) is 31.2. The summed E-state index contributed by atoms with van der Waals surface area (Å²) in [5, 5.41) is 7.59. The molecule has 16 bridgehead atoms. The molecule has 0 amide bonds. The predicted molar refractivity (Wildman–Crippen MR) is 467 cm³/mol. The van der Waals surface area contributed by atoms with E-state index in [0.717, 1.165) is 71.0 Å². The van der Waals surface area contributed by atoms with Crippen LogP contribution in [0.2, 0.25) is 0 Å². The molecule has 4 nitrogen and oxygen atoms in total. The molecule has 28 rings (SSSR count). The third kappa shape index (κ3) is 10.5. The highest BCUT2D eigenvalue weighted by molar-refractivity contribution is 6.33. The SMILES string of the molecule is Cc1ccccc1N(c1ccc(C23CC4CC(CC(C4)C2)C3)cc1)c1cc(N(c2ccc(C34CC5CC(CC(C5)C3)C4)cc2)c2ccccc2C)c2ccc3c(N(c4ccc(C56CC7CC(CC(C7)C5)C6)cc4)c4ccccc4C)cc(N(c4ccc(C56CC7CC(CC(C7)C5)C6)cc4)c4ccccc4C)c4ccc1c2c43. The van der Waals surface area contributed by atoms with Crippen molar-refractivity contribution in [3.8, 4) is 0 Å². The third-order valence-corrected chi connectivity index (χ3v) is 33.3. The van der Waals surface area contributed by atoms with E-state index in [1.54, 1.807) is 22.3 Å². The summed E-state index contributed by atoms with van der Waals surface area (Å²) in [6.07, 6.45) is 33.6. The Morgan fingerprint density at radius 1 is 0.196 bits per heavy atom. The maximum Gasteiger partial charge on any atom is 0.0561 e. The lowest BCUT2D eigenvalue weighted by atomic mass is 9.48. The first kappa shape index (κ1) is 67.4. The molecule has 16 saturated carbocycles. The van der Waals surface area contributed by atoms with Gasteiger partial charge in [-0.3, -0.25) is 0 Å². The van der Waals surface area contributed by atoms with Crippen LogP contribution in [-0.2, 0) is 21.7 Å². The largest absolute Gasteiger partial charge is 0.310 e. The van der Waals surface area contributed by atoms with Crippen LogP contribution < -0.4 is 19.6 Å². The highest BCUT2D eigenvalue weighted by atomic mass is 15.2. The predicted octanol–water partition coefficient (Wildman–Crippen LogP) is 29.6. The van der Waals surface area contributed by atoms with Gasteiger partial charge in [0.15, 0.2) is 0 Å². The van der Waals surface area contributed by atoms with Crippen molar-refractivity contribution >= 4 is 101 Å². The molecule has 0 saturated heterocycles. The fourth-order valence-electron chi connectivity index (χ4n) is 30.3. The van der Waals surface area contributed by atoms with Crippen LogP contribution >= 0.6 is 0 Å². The van der Waals surface area contributed by atoms with Crippen LogP contribution in [0, 0.1) is 98.7 Å². The van der Waals surface area contributed by atoms with Gasteiger partial charge in [-0.2, -0.15) is 0 Å². The van der Waals surface area contributed by atoms with Crippen molar-refractivity contribution in [1.29, 1.82) is 0 Å². The number of anilines is 12. The van der Waals surface area contributed by atoms with Gasteiger partial charge in [-0.1, -0.05) is 146 Å². The Balaban J connectivity index is 0.782. The molecule has 0 unspecified atom stereocenters. The highest BCUT2D eigenvalue weighted by Crippen LogP contribution is 2.67. The summed E-state index contributed by atoms with van der Waals surface area (Å²) in [5.41, 5.74) is 26.8. The van der Waals surface area contributed by atoms with E-state index in [9.17, 15) is 0 Å². The number of benzene rings is 12. The lowest BCUT2D eigenvalue weighted by Gasteiger charge is -2.57. The van der Waals surface area contributed by atoms with Crippen LogP contribution in [0.15, 0.2) is 231 Å². The first-order valence-corrected chi connectivity index (χ1v) is 44.4. The second kappa shape index (κ2) is 25.2. The summed E-state index contributed by atoms with van der Waals surface area (Å²) in [5.74, 6) is 10.5. The van der Waals surface area contributed by atoms with Crippen molar-refractivity contribution in [3.63, 3.8) is 0 Å². The van der Waals surface area contributed by atoms with E-state index in [2.05, 4.69) is 278 Å². The molecular weight excluding hydrogens is 1350 g/mol. The van der Waals surface area contributed by atoms with Crippen LogP contribution in [-0.4, -0.2) is 0 Å². The zero-order chi connectivity index (χ0) is 74.1. The van der Waals surface area contributed by atoms with Crippen molar-refractivity contribution in [3.05, 3.63) is 275 Å². The van der Waals surface area contributed by atoms with E-state index < -0.39 is 0 Å². The zero-order valence-corrected chi connectivity index (χ0v) is 66.6. The maximum atomic E-state index is 2.69. The van der Waals surface area contributed by atoms with Crippen molar-refractivity contribution < 1.29 is 0 Å². The minimum atomic E-state index is 0.279. The van der Waals surface area contributed by atoms with Gasteiger partial charge in [-0.25, -0.2) is 0 Å². The molecule has 16 fully saturated rings. The molecule has 16 aliphatic rings. The van der Waals surface area contributed by atoms with E-state index in [4.69, 9.17) is 0 Å². The summed E-state index contributed by atoms with van der Waals surface area (Å²) in [4.78, 5) is 10.8. The van der Waals surface area contributed by atoms with E-state index in [1.165, 1.54) is 277 Å². The fraction of sp³-hybridized carbons (Fsp3) is 0.407. The van der Waals surface area contributed by atoms with Crippen LogP contribution in [0.25, 0.3) is 32.3 Å². The average molecular weight is 1460 g/mol. The van der Waals surface area contributed by atoms with Gasteiger partial charge in [0, 0.05) is 77.8 Å². The second-order valence-electron chi connectivity index (χ2n) is 40.4. The van der Waals surface area contributed by atoms with Crippen molar-refractivity contribution in [2.45, 2.75) is 203 Å². The number of para-hydroxylation sites is 4. The molecule has 12 aromatic rings. The minimum Gasteiger partial charge on any atom is -0.310 e. The molecule has 0 aliphatic heterocycles. The Morgan fingerprint density at radius 2 is 0.366 bits per heavy atom. The number of hydrogen-bond acceptors (Lipinski definition) is 4. The zero-order valence-electron chi connectivity index (χ0n) is 66.6. The number of rotatable bonds is 16. The lowest BCUT2D eigenvalue weighted by molar-refractivity contribution is -0.00530. The van der Waals surface area contributed by atoms with Gasteiger partial charge in [-0.15, -0.1) is 0 Å². The van der Waals surface area contributed by atoms with Crippen LogP contribution in [0.5, 0.6) is 0 Å². The van der Waals surface area contributed by atoms with Gasteiger partial charge < -0.3 is 19.6 Å². The molecule has 16 aliphatic carbocycles. The summed E-state index contributed by atoms with van der Waals surface area (Å²) < 4.78 is 0. The van der Waals surface area contributed by atoms with Gasteiger partial charge in [-0.05, 0) is 404 Å². The highest BCUT2D eigenvalue weighted by Gasteiger charge is 2.56. The molecule has 0 N–H and O–H groups in total. The Hall–Kier alpha value is -9.12. The quantitative estimate of drug-likeness (QED) is 0.0894. The Bertz CT molecular complexity index is 4860. The first-order valence-electron chi connectivity index (χ1n) is 44.4. The Kier molecular flexibility index (Phi) is 15.2. The van der Waals surface area contributed by atoms with E-state index >= 15 is 0 Å². The minimum absolute atomic E-state index is 0.279. The van der Waals surface area contributed by atoms with Gasteiger partial charge in [0.2, 0.25) is 0 Å². The summed E-state index contributed by atoms with van der Waals surface area (Å²) in [6, 6.07) is 93.7. The average Bonchev–Trinajstić information content (AvgIpc) is 0.689. The lowest BCUT2D eigenvalue weighted by Crippen LogP contribution is -2.48. The van der Waals surface area contributed by atoms with Crippen molar-refractivity contribution in [2.24, 2.45) is 71.0 Å². The molecule has 112 heavy (non-hydrogen) atoms. The molecular formula is C108H110N4. The van der Waals surface area contributed by atoms with Crippen LogP contribution in [0.1, 0.15) is 199 Å². The van der Waals surface area contributed by atoms with E-state index in [1.807, 2.05) is 0 Å². The molecule has 0 heterocycles. The van der Waals surface area contributed by atoms with Crippen LogP contribution in [0.3, 0.4) is 0 Å².